The SMILES string of the molecule is CCc1c(C(=O)O)c(=O)c2cc(F)c(F)c(C#CC[C@@H]3[C@@H](O)CCN3C(=O)OC(C)(C)C)c2n1C1CC1. The van der Waals surface area contributed by atoms with Crippen molar-refractivity contribution in [1.29, 1.82) is 0 Å². The third kappa shape index (κ3) is 5.05. The Bertz CT molecular complexity index is 1390. The first-order chi connectivity index (χ1) is 17.4. The van der Waals surface area contributed by atoms with Crippen LogP contribution in [0, 0.1) is 23.5 Å². The lowest BCUT2D eigenvalue weighted by molar-refractivity contribution is 0.0162. The molecule has 1 aliphatic carbocycles. The van der Waals surface area contributed by atoms with Gasteiger partial charge >= 0.3 is 12.1 Å². The van der Waals surface area contributed by atoms with Crippen LogP contribution < -0.4 is 5.43 Å². The first kappa shape index (κ1) is 26.6. The predicted molar refractivity (Wildman–Crippen MR) is 132 cm³/mol. The second-order valence-electron chi connectivity index (χ2n) is 10.5. The number of hydrogen-bond acceptors (Lipinski definition) is 5. The highest BCUT2D eigenvalue weighted by atomic mass is 19.2. The molecule has 1 aliphatic heterocycles. The number of carboxylic acids is 1. The number of aromatic nitrogens is 1. The Hall–Kier alpha value is -3.45. The summed E-state index contributed by atoms with van der Waals surface area (Å²) in [6.45, 7) is 7.14. The Morgan fingerprint density at radius 1 is 1.22 bits per heavy atom. The van der Waals surface area contributed by atoms with E-state index in [1.54, 1.807) is 32.3 Å². The van der Waals surface area contributed by atoms with Gasteiger partial charge in [0.15, 0.2) is 11.6 Å². The minimum Gasteiger partial charge on any atom is -0.477 e. The quantitative estimate of drug-likeness (QED) is 0.595. The fourth-order valence-corrected chi connectivity index (χ4v) is 4.85. The number of aliphatic hydroxyl groups is 1. The third-order valence-corrected chi connectivity index (χ3v) is 6.61. The van der Waals surface area contributed by atoms with E-state index in [1.165, 1.54) is 4.90 Å². The fourth-order valence-electron chi connectivity index (χ4n) is 4.85. The number of fused-ring (bicyclic) bond motifs is 1. The van der Waals surface area contributed by atoms with Gasteiger partial charge in [-0.05, 0) is 52.5 Å². The van der Waals surface area contributed by atoms with Crippen molar-refractivity contribution in [2.24, 2.45) is 0 Å². The topological polar surface area (TPSA) is 109 Å². The number of hydrogen-bond donors (Lipinski definition) is 2. The molecule has 2 aromatic rings. The number of benzene rings is 1. The Balaban J connectivity index is 1.82. The van der Waals surface area contributed by atoms with Crippen LogP contribution in [-0.2, 0) is 11.2 Å². The van der Waals surface area contributed by atoms with Crippen molar-refractivity contribution in [1.82, 2.24) is 9.47 Å². The van der Waals surface area contributed by atoms with Gasteiger partial charge in [0, 0.05) is 24.7 Å². The van der Waals surface area contributed by atoms with Crippen LogP contribution in [0.5, 0.6) is 0 Å². The van der Waals surface area contributed by atoms with Gasteiger partial charge < -0.3 is 24.4 Å². The van der Waals surface area contributed by atoms with E-state index in [4.69, 9.17) is 4.74 Å². The van der Waals surface area contributed by atoms with Gasteiger partial charge in [-0.25, -0.2) is 18.4 Å². The minimum atomic E-state index is -1.42. The molecule has 2 fully saturated rings. The van der Waals surface area contributed by atoms with Crippen LogP contribution in [0.3, 0.4) is 0 Å². The highest BCUT2D eigenvalue weighted by molar-refractivity contribution is 5.96. The van der Waals surface area contributed by atoms with Crippen molar-refractivity contribution in [3.8, 4) is 11.8 Å². The van der Waals surface area contributed by atoms with Crippen molar-refractivity contribution in [2.75, 3.05) is 6.54 Å². The summed E-state index contributed by atoms with van der Waals surface area (Å²) < 4.78 is 36.8. The van der Waals surface area contributed by atoms with Gasteiger partial charge in [-0.3, -0.25) is 4.79 Å². The zero-order valence-corrected chi connectivity index (χ0v) is 21.2. The number of aromatic carboxylic acids is 1. The lowest BCUT2D eigenvalue weighted by Crippen LogP contribution is -2.42. The molecule has 4 rings (SSSR count). The number of pyridine rings is 1. The van der Waals surface area contributed by atoms with Gasteiger partial charge in [0.25, 0.3) is 0 Å². The van der Waals surface area contributed by atoms with Crippen molar-refractivity contribution < 1.29 is 33.3 Å². The van der Waals surface area contributed by atoms with E-state index in [0.717, 1.165) is 6.07 Å². The molecular formula is C27H30F2N2O6. The van der Waals surface area contributed by atoms with Gasteiger partial charge in [0.05, 0.1) is 28.6 Å². The van der Waals surface area contributed by atoms with Crippen LogP contribution in [0.15, 0.2) is 10.9 Å². The first-order valence-corrected chi connectivity index (χ1v) is 12.3. The smallest absolute Gasteiger partial charge is 0.410 e. The molecule has 0 bridgehead atoms. The molecule has 0 radical (unpaired) electrons. The van der Waals surface area contributed by atoms with Crippen molar-refractivity contribution in [3.05, 3.63) is 44.7 Å². The number of rotatable bonds is 4. The number of carbonyl (C=O) groups is 2. The minimum absolute atomic E-state index is 0.0423. The molecule has 0 unspecified atom stereocenters. The van der Waals surface area contributed by atoms with Crippen molar-refractivity contribution >= 4 is 23.0 Å². The molecule has 8 nitrogen and oxygen atoms in total. The highest BCUT2D eigenvalue weighted by Gasteiger charge is 2.38. The number of carbonyl (C=O) groups excluding carboxylic acids is 1. The molecule has 2 N–H and O–H groups in total. The van der Waals surface area contributed by atoms with Gasteiger partial charge in [-0.15, -0.1) is 0 Å². The van der Waals surface area contributed by atoms with Crippen LogP contribution in [0.1, 0.15) is 81.0 Å². The fraction of sp³-hybridized carbons (Fsp3) is 0.519. The van der Waals surface area contributed by atoms with E-state index < -0.39 is 52.4 Å². The van der Waals surface area contributed by atoms with Gasteiger partial charge in [-0.2, -0.15) is 0 Å². The Morgan fingerprint density at radius 3 is 2.46 bits per heavy atom. The van der Waals surface area contributed by atoms with Crippen molar-refractivity contribution in [3.63, 3.8) is 0 Å². The second-order valence-corrected chi connectivity index (χ2v) is 10.5. The normalized spacial score (nSPS) is 19.6. The van der Waals surface area contributed by atoms with E-state index in [1.807, 2.05) is 0 Å². The van der Waals surface area contributed by atoms with E-state index in [2.05, 4.69) is 11.8 Å². The molecule has 2 heterocycles. The molecule has 1 saturated heterocycles. The summed E-state index contributed by atoms with van der Waals surface area (Å²) in [6.07, 6.45) is 0.416. The standard InChI is InChI=1S/C27H30F2N2O6/c1-5-18-21(25(34)35)24(33)16-13-17(28)22(29)15(23(16)31(18)14-9-10-14)7-6-8-19-20(32)11-12-30(19)26(36)37-27(2,3)4/h13-14,19-20,32H,5,8-12H2,1-4H3,(H,34,35)/t19-,20+/m1/s1. The summed E-state index contributed by atoms with van der Waals surface area (Å²) in [7, 11) is 0. The summed E-state index contributed by atoms with van der Waals surface area (Å²) in [6, 6.07) is -0.130. The lowest BCUT2D eigenvalue weighted by Gasteiger charge is -2.28. The van der Waals surface area contributed by atoms with Crippen LogP contribution in [0.2, 0.25) is 0 Å². The molecule has 1 amide bonds. The summed E-state index contributed by atoms with van der Waals surface area (Å²) in [5, 5.41) is 19.9. The summed E-state index contributed by atoms with van der Waals surface area (Å²) in [4.78, 5) is 39.0. The van der Waals surface area contributed by atoms with E-state index >= 15 is 4.39 Å². The number of halogens is 2. The average molecular weight is 517 g/mol. The molecular weight excluding hydrogens is 486 g/mol. The van der Waals surface area contributed by atoms with Crippen LogP contribution >= 0.6 is 0 Å². The van der Waals surface area contributed by atoms with Gasteiger partial charge in [0.1, 0.15) is 11.2 Å². The number of likely N-dealkylation sites (tertiary alicyclic amines) is 1. The maximum atomic E-state index is 15.1. The average Bonchev–Trinajstić information content (AvgIpc) is 3.57. The summed E-state index contributed by atoms with van der Waals surface area (Å²) in [5.74, 6) is 1.43. The molecule has 1 saturated carbocycles. The highest BCUT2D eigenvalue weighted by Crippen LogP contribution is 2.40. The molecule has 0 spiro atoms. The Kier molecular flexibility index (Phi) is 7.04. The first-order valence-electron chi connectivity index (χ1n) is 12.3. The molecule has 2 aliphatic rings. The Morgan fingerprint density at radius 2 is 1.89 bits per heavy atom. The molecule has 1 aromatic carbocycles. The van der Waals surface area contributed by atoms with Crippen LogP contribution in [0.4, 0.5) is 13.6 Å². The van der Waals surface area contributed by atoms with Crippen LogP contribution in [0.25, 0.3) is 10.9 Å². The maximum Gasteiger partial charge on any atom is 0.410 e. The molecule has 10 heteroatoms. The monoisotopic (exact) mass is 516 g/mol. The van der Waals surface area contributed by atoms with Crippen LogP contribution in [-0.4, -0.2) is 56.0 Å². The zero-order chi connectivity index (χ0) is 27.2. The number of carboxylic acid groups (broad SMARTS) is 1. The van der Waals surface area contributed by atoms with Gasteiger partial charge in [-0.1, -0.05) is 18.8 Å². The number of ether oxygens (including phenoxy) is 1. The summed E-state index contributed by atoms with van der Waals surface area (Å²) in [5.41, 5.74) is -2.11. The van der Waals surface area contributed by atoms with Crippen molar-refractivity contribution in [2.45, 2.75) is 83.6 Å². The Labute approximate surface area is 212 Å². The maximum absolute atomic E-state index is 15.1. The third-order valence-electron chi connectivity index (χ3n) is 6.61. The molecule has 1 aromatic heterocycles. The largest absolute Gasteiger partial charge is 0.477 e. The van der Waals surface area contributed by atoms with E-state index in [-0.39, 0.29) is 47.6 Å². The molecule has 37 heavy (non-hydrogen) atoms. The zero-order valence-electron chi connectivity index (χ0n) is 21.2. The molecule has 198 valence electrons. The van der Waals surface area contributed by atoms with Gasteiger partial charge in [0.2, 0.25) is 5.43 Å². The number of aliphatic hydroxyl groups excluding tert-OH is 1. The van der Waals surface area contributed by atoms with E-state index in [9.17, 15) is 29.0 Å². The second kappa shape index (κ2) is 9.78. The number of nitrogens with zero attached hydrogens (tertiary/aromatic N) is 2. The predicted octanol–water partition coefficient (Wildman–Crippen LogP) is 3.99. The number of amides is 1. The summed E-state index contributed by atoms with van der Waals surface area (Å²) >= 11 is 0. The molecule has 2 atom stereocenters. The lowest BCUT2D eigenvalue weighted by atomic mass is 10.0. The van der Waals surface area contributed by atoms with E-state index in [0.29, 0.717) is 19.3 Å².